The highest BCUT2D eigenvalue weighted by Crippen LogP contribution is 2.35. The molecular formula is C21H21N5O. The molecule has 0 amide bonds. The van der Waals surface area contributed by atoms with Crippen molar-refractivity contribution in [1.29, 1.82) is 0 Å². The second-order valence-electron chi connectivity index (χ2n) is 7.01. The molecule has 2 atom stereocenters. The standard InChI is InChI=1S/C21H21N5O/c1-2-6-18-16(4-1)21(26-13-25-18)23-11-14-7-9-27-19(10-14)17-12-24-20-15(17)5-3-8-22-20/h1-6,8,12-14,19H,7,9-11H2,(H,22,24)(H,23,25,26). The van der Waals surface area contributed by atoms with Crippen LogP contribution in [-0.2, 0) is 4.74 Å². The van der Waals surface area contributed by atoms with Crippen molar-refractivity contribution in [3.05, 3.63) is 60.7 Å². The van der Waals surface area contributed by atoms with Gasteiger partial charge in [-0.1, -0.05) is 12.1 Å². The molecule has 0 aliphatic carbocycles. The number of hydrogen-bond acceptors (Lipinski definition) is 5. The average Bonchev–Trinajstić information content (AvgIpc) is 3.17. The first-order valence-electron chi connectivity index (χ1n) is 9.36. The fourth-order valence-electron chi connectivity index (χ4n) is 3.90. The zero-order valence-corrected chi connectivity index (χ0v) is 14.9. The number of pyridine rings is 1. The minimum absolute atomic E-state index is 0.102. The quantitative estimate of drug-likeness (QED) is 0.574. The maximum absolute atomic E-state index is 6.08. The summed E-state index contributed by atoms with van der Waals surface area (Å²) in [6.07, 6.45) is 7.60. The van der Waals surface area contributed by atoms with Crippen molar-refractivity contribution in [1.82, 2.24) is 19.9 Å². The fraction of sp³-hybridized carbons (Fsp3) is 0.286. The summed E-state index contributed by atoms with van der Waals surface area (Å²) in [5.74, 6) is 1.43. The van der Waals surface area contributed by atoms with Crippen molar-refractivity contribution in [3.63, 3.8) is 0 Å². The Morgan fingerprint density at radius 1 is 1.07 bits per heavy atom. The van der Waals surface area contributed by atoms with Gasteiger partial charge in [0.1, 0.15) is 17.8 Å². The molecule has 1 aliphatic heterocycles. The van der Waals surface area contributed by atoms with Crippen molar-refractivity contribution < 1.29 is 4.74 Å². The van der Waals surface area contributed by atoms with E-state index in [0.717, 1.165) is 53.7 Å². The topological polar surface area (TPSA) is 75.7 Å². The number of nitrogens with one attached hydrogen (secondary N) is 2. The van der Waals surface area contributed by atoms with Gasteiger partial charge in [0, 0.05) is 41.9 Å². The van der Waals surface area contributed by atoms with Gasteiger partial charge in [-0.05, 0) is 43.0 Å². The van der Waals surface area contributed by atoms with Crippen LogP contribution in [0.15, 0.2) is 55.1 Å². The third-order valence-electron chi connectivity index (χ3n) is 5.32. The summed E-state index contributed by atoms with van der Waals surface area (Å²) in [6.45, 7) is 1.65. The summed E-state index contributed by atoms with van der Waals surface area (Å²) in [5.41, 5.74) is 3.09. The molecule has 1 saturated heterocycles. The first kappa shape index (κ1) is 16.2. The van der Waals surface area contributed by atoms with Crippen LogP contribution in [0.2, 0.25) is 0 Å². The summed E-state index contributed by atoms with van der Waals surface area (Å²) < 4.78 is 6.08. The third-order valence-corrected chi connectivity index (χ3v) is 5.32. The molecule has 5 rings (SSSR count). The van der Waals surface area contributed by atoms with E-state index in [1.807, 2.05) is 36.7 Å². The van der Waals surface area contributed by atoms with Gasteiger partial charge in [0.15, 0.2) is 0 Å². The monoisotopic (exact) mass is 359 g/mol. The Balaban J connectivity index is 1.31. The van der Waals surface area contributed by atoms with E-state index in [1.54, 1.807) is 6.33 Å². The SMILES string of the molecule is c1ccc2c(NCC3CCOC(c4c[nH]c5ncccc45)C3)ncnc2c1. The Morgan fingerprint density at radius 3 is 3.00 bits per heavy atom. The lowest BCUT2D eigenvalue weighted by Crippen LogP contribution is -2.25. The second-order valence-corrected chi connectivity index (χ2v) is 7.01. The van der Waals surface area contributed by atoms with Crippen molar-refractivity contribution in [2.45, 2.75) is 18.9 Å². The number of aromatic amines is 1. The molecule has 2 N–H and O–H groups in total. The molecule has 2 unspecified atom stereocenters. The minimum atomic E-state index is 0.102. The van der Waals surface area contributed by atoms with E-state index in [4.69, 9.17) is 4.74 Å². The predicted octanol–water partition coefficient (Wildman–Crippen LogP) is 4.09. The zero-order valence-electron chi connectivity index (χ0n) is 14.9. The highest BCUT2D eigenvalue weighted by atomic mass is 16.5. The second kappa shape index (κ2) is 6.96. The van der Waals surface area contributed by atoms with Crippen LogP contribution in [0.4, 0.5) is 5.82 Å². The first-order valence-corrected chi connectivity index (χ1v) is 9.36. The van der Waals surface area contributed by atoms with E-state index < -0.39 is 0 Å². The Hall–Kier alpha value is -2.99. The summed E-state index contributed by atoms with van der Waals surface area (Å²) in [7, 11) is 0. The number of nitrogens with zero attached hydrogens (tertiary/aromatic N) is 3. The molecule has 6 heteroatoms. The maximum Gasteiger partial charge on any atom is 0.137 e. The summed E-state index contributed by atoms with van der Waals surface area (Å²) in [6, 6.07) is 12.2. The van der Waals surface area contributed by atoms with Crippen LogP contribution in [0, 0.1) is 5.92 Å². The number of aromatic nitrogens is 4. The molecule has 27 heavy (non-hydrogen) atoms. The average molecular weight is 359 g/mol. The Bertz CT molecular complexity index is 1070. The number of ether oxygens (including phenoxy) is 1. The molecule has 6 nitrogen and oxygen atoms in total. The van der Waals surface area contributed by atoms with E-state index in [-0.39, 0.29) is 6.10 Å². The number of benzene rings is 1. The smallest absolute Gasteiger partial charge is 0.137 e. The largest absolute Gasteiger partial charge is 0.373 e. The number of hydrogen-bond donors (Lipinski definition) is 2. The predicted molar refractivity (Wildman–Crippen MR) is 106 cm³/mol. The minimum Gasteiger partial charge on any atom is -0.373 e. The van der Waals surface area contributed by atoms with Crippen molar-refractivity contribution in [2.75, 3.05) is 18.5 Å². The number of fused-ring (bicyclic) bond motifs is 2. The highest BCUT2D eigenvalue weighted by molar-refractivity contribution is 5.88. The van der Waals surface area contributed by atoms with Crippen molar-refractivity contribution in [3.8, 4) is 0 Å². The van der Waals surface area contributed by atoms with Gasteiger partial charge in [0.2, 0.25) is 0 Å². The van der Waals surface area contributed by atoms with Gasteiger partial charge >= 0.3 is 0 Å². The zero-order chi connectivity index (χ0) is 18.1. The number of anilines is 1. The van der Waals surface area contributed by atoms with E-state index >= 15 is 0 Å². The summed E-state index contributed by atoms with van der Waals surface area (Å²) in [5, 5.41) is 5.75. The van der Waals surface area contributed by atoms with Crippen LogP contribution < -0.4 is 5.32 Å². The Kier molecular flexibility index (Phi) is 4.18. The van der Waals surface area contributed by atoms with E-state index in [1.165, 1.54) is 5.56 Å². The third kappa shape index (κ3) is 3.13. The van der Waals surface area contributed by atoms with Crippen LogP contribution in [0.5, 0.6) is 0 Å². The molecule has 4 aromatic rings. The van der Waals surface area contributed by atoms with Crippen LogP contribution in [-0.4, -0.2) is 33.1 Å². The Labute approximate surface area is 157 Å². The number of para-hydroxylation sites is 1. The van der Waals surface area contributed by atoms with Gasteiger partial charge in [-0.25, -0.2) is 15.0 Å². The molecule has 0 radical (unpaired) electrons. The molecule has 0 bridgehead atoms. The molecule has 136 valence electrons. The molecule has 1 aliphatic rings. The van der Waals surface area contributed by atoms with Crippen LogP contribution in [0.25, 0.3) is 21.9 Å². The number of H-pyrrole nitrogens is 1. The Morgan fingerprint density at radius 2 is 2.00 bits per heavy atom. The fourth-order valence-corrected chi connectivity index (χ4v) is 3.90. The van der Waals surface area contributed by atoms with Gasteiger partial charge < -0.3 is 15.0 Å². The molecule has 3 aromatic heterocycles. The lowest BCUT2D eigenvalue weighted by Gasteiger charge is -2.29. The van der Waals surface area contributed by atoms with Crippen LogP contribution >= 0.6 is 0 Å². The molecule has 0 spiro atoms. The van der Waals surface area contributed by atoms with Gasteiger partial charge in [-0.2, -0.15) is 0 Å². The van der Waals surface area contributed by atoms with Crippen LogP contribution in [0.1, 0.15) is 24.5 Å². The van der Waals surface area contributed by atoms with Gasteiger partial charge in [0.25, 0.3) is 0 Å². The van der Waals surface area contributed by atoms with Gasteiger partial charge in [-0.3, -0.25) is 0 Å². The summed E-state index contributed by atoms with van der Waals surface area (Å²) >= 11 is 0. The normalized spacial score (nSPS) is 20.1. The molecule has 1 aromatic carbocycles. The highest BCUT2D eigenvalue weighted by Gasteiger charge is 2.26. The van der Waals surface area contributed by atoms with Crippen molar-refractivity contribution in [2.24, 2.45) is 5.92 Å². The van der Waals surface area contributed by atoms with Crippen molar-refractivity contribution >= 4 is 27.8 Å². The maximum atomic E-state index is 6.08. The molecule has 1 fully saturated rings. The van der Waals surface area contributed by atoms with E-state index in [0.29, 0.717) is 5.92 Å². The lowest BCUT2D eigenvalue weighted by atomic mass is 9.92. The summed E-state index contributed by atoms with van der Waals surface area (Å²) in [4.78, 5) is 16.4. The lowest BCUT2D eigenvalue weighted by molar-refractivity contribution is -0.00667. The number of rotatable bonds is 4. The van der Waals surface area contributed by atoms with Gasteiger partial charge in [-0.15, -0.1) is 0 Å². The van der Waals surface area contributed by atoms with E-state index in [2.05, 4.69) is 37.4 Å². The molecule has 0 saturated carbocycles. The molecular weight excluding hydrogens is 338 g/mol. The van der Waals surface area contributed by atoms with Gasteiger partial charge in [0.05, 0.1) is 11.6 Å². The molecule has 4 heterocycles. The van der Waals surface area contributed by atoms with Crippen LogP contribution in [0.3, 0.4) is 0 Å². The first-order chi connectivity index (χ1) is 13.4. The van der Waals surface area contributed by atoms with E-state index in [9.17, 15) is 0 Å².